The second kappa shape index (κ2) is 7.84. The van der Waals surface area contributed by atoms with Crippen LogP contribution in [0, 0.1) is 5.92 Å². The van der Waals surface area contributed by atoms with Crippen LogP contribution in [0.1, 0.15) is 54.9 Å². The summed E-state index contributed by atoms with van der Waals surface area (Å²) in [7, 11) is 0. The van der Waals surface area contributed by atoms with E-state index in [1.807, 2.05) is 13.8 Å². The number of alkyl halides is 1. The van der Waals surface area contributed by atoms with Gasteiger partial charge in [0.05, 0.1) is 5.69 Å². The lowest BCUT2D eigenvalue weighted by Gasteiger charge is -2.14. The Morgan fingerprint density at radius 3 is 2.78 bits per heavy atom. The molecule has 1 aromatic heterocycles. The molecule has 6 heteroatoms. The van der Waals surface area contributed by atoms with E-state index in [-0.39, 0.29) is 11.8 Å². The second-order valence-electron chi connectivity index (χ2n) is 4.60. The third-order valence-electron chi connectivity index (χ3n) is 2.91. The van der Waals surface area contributed by atoms with Gasteiger partial charge in [-0.15, -0.1) is 5.10 Å². The van der Waals surface area contributed by atoms with E-state index in [1.54, 1.807) is 0 Å². The normalized spacial score (nSPS) is 12.7. The van der Waals surface area contributed by atoms with Gasteiger partial charge in [0.25, 0.3) is 5.91 Å². The number of rotatable bonds is 7. The van der Waals surface area contributed by atoms with Crippen LogP contribution in [0.4, 0.5) is 0 Å². The molecule has 1 unspecified atom stereocenters. The summed E-state index contributed by atoms with van der Waals surface area (Å²) in [6, 6.07) is 0. The number of nitrogens with one attached hydrogen (secondary N) is 1. The molecular formula is C12H20BrN3OS. The maximum absolute atomic E-state index is 12.1. The minimum atomic E-state index is -0.0401. The molecule has 1 aromatic rings. The largest absolute Gasteiger partial charge is 0.351 e. The van der Waals surface area contributed by atoms with Gasteiger partial charge in [-0.05, 0) is 29.8 Å². The molecule has 1 rings (SSSR count). The van der Waals surface area contributed by atoms with Crippen LogP contribution < -0.4 is 5.32 Å². The number of hydrogen-bond acceptors (Lipinski definition) is 4. The summed E-state index contributed by atoms with van der Waals surface area (Å²) in [5, 5.41) is 7.98. The topological polar surface area (TPSA) is 54.9 Å². The van der Waals surface area contributed by atoms with Crippen LogP contribution in [-0.2, 0) is 0 Å². The van der Waals surface area contributed by atoms with E-state index < -0.39 is 0 Å². The van der Waals surface area contributed by atoms with Crippen LogP contribution in [0.5, 0.6) is 0 Å². The Kier molecular flexibility index (Phi) is 6.78. The summed E-state index contributed by atoms with van der Waals surface area (Å²) in [4.78, 5) is 12.7. The minimum absolute atomic E-state index is 0.0401. The summed E-state index contributed by atoms with van der Waals surface area (Å²) in [6.07, 6.45) is 2.15. The molecule has 1 N–H and O–H groups in total. The van der Waals surface area contributed by atoms with Crippen LogP contribution in [-0.4, -0.2) is 27.4 Å². The smallest absolute Gasteiger partial charge is 0.264 e. The molecule has 0 aliphatic carbocycles. The second-order valence-corrected chi connectivity index (χ2v) is 6.15. The fourth-order valence-corrected chi connectivity index (χ4v) is 3.04. The molecule has 0 bridgehead atoms. The Morgan fingerprint density at radius 2 is 2.22 bits per heavy atom. The highest BCUT2D eigenvalue weighted by Gasteiger charge is 2.19. The molecule has 0 aliphatic rings. The van der Waals surface area contributed by atoms with Crippen molar-refractivity contribution in [3.05, 3.63) is 10.6 Å². The molecule has 1 amide bonds. The average Bonchev–Trinajstić information content (AvgIpc) is 2.83. The molecular weight excluding hydrogens is 314 g/mol. The van der Waals surface area contributed by atoms with Crippen LogP contribution in [0.25, 0.3) is 0 Å². The molecule has 0 radical (unpaired) electrons. The number of amides is 1. The van der Waals surface area contributed by atoms with Gasteiger partial charge in [0, 0.05) is 11.9 Å². The van der Waals surface area contributed by atoms with Gasteiger partial charge >= 0.3 is 0 Å². The van der Waals surface area contributed by atoms with Gasteiger partial charge < -0.3 is 5.32 Å². The zero-order chi connectivity index (χ0) is 13.5. The zero-order valence-electron chi connectivity index (χ0n) is 11.1. The van der Waals surface area contributed by atoms with E-state index in [1.165, 1.54) is 11.5 Å². The van der Waals surface area contributed by atoms with Crippen molar-refractivity contribution in [1.82, 2.24) is 14.9 Å². The van der Waals surface area contributed by atoms with Gasteiger partial charge in [-0.25, -0.2) is 0 Å². The summed E-state index contributed by atoms with van der Waals surface area (Å²) in [6.45, 7) is 6.91. The van der Waals surface area contributed by atoms with Gasteiger partial charge in [0.15, 0.2) is 0 Å². The molecule has 102 valence electrons. The van der Waals surface area contributed by atoms with Crippen molar-refractivity contribution in [2.45, 2.75) is 39.5 Å². The lowest BCUT2D eigenvalue weighted by molar-refractivity contribution is 0.0949. The van der Waals surface area contributed by atoms with Gasteiger partial charge in [-0.1, -0.05) is 47.6 Å². The molecule has 0 saturated heterocycles. The summed E-state index contributed by atoms with van der Waals surface area (Å²) in [5.41, 5.74) is 0.797. The van der Waals surface area contributed by atoms with Gasteiger partial charge in [-0.2, -0.15) is 0 Å². The molecule has 1 heterocycles. The van der Waals surface area contributed by atoms with Crippen molar-refractivity contribution >= 4 is 33.4 Å². The first-order valence-electron chi connectivity index (χ1n) is 6.26. The van der Waals surface area contributed by atoms with Crippen LogP contribution in [0.15, 0.2) is 0 Å². The third-order valence-corrected chi connectivity index (χ3v) is 4.11. The first kappa shape index (κ1) is 15.6. The highest BCUT2D eigenvalue weighted by Crippen LogP contribution is 2.19. The number of nitrogens with zero attached hydrogens (tertiary/aromatic N) is 2. The summed E-state index contributed by atoms with van der Waals surface area (Å²) in [5.74, 6) is 0.715. The van der Waals surface area contributed by atoms with Crippen molar-refractivity contribution in [3.63, 3.8) is 0 Å². The number of aromatic nitrogens is 2. The quantitative estimate of drug-likeness (QED) is 0.779. The highest BCUT2D eigenvalue weighted by atomic mass is 79.9. The molecule has 1 atom stereocenters. The van der Waals surface area contributed by atoms with E-state index in [0.29, 0.717) is 10.8 Å². The SMILES string of the molecule is CCC(CCBr)CNC(=O)c1snnc1C(C)C. The van der Waals surface area contributed by atoms with Crippen LogP contribution in [0.3, 0.4) is 0 Å². The first-order chi connectivity index (χ1) is 8.60. The van der Waals surface area contributed by atoms with Gasteiger partial charge in [0.2, 0.25) is 0 Å². The van der Waals surface area contributed by atoms with Crippen LogP contribution in [0.2, 0.25) is 0 Å². The molecule has 4 nitrogen and oxygen atoms in total. The lowest BCUT2D eigenvalue weighted by atomic mass is 10.0. The third kappa shape index (κ3) is 4.31. The maximum atomic E-state index is 12.1. The zero-order valence-corrected chi connectivity index (χ0v) is 13.5. The monoisotopic (exact) mass is 333 g/mol. The number of hydrogen-bond donors (Lipinski definition) is 1. The standard InChI is InChI=1S/C12H20BrN3OS/c1-4-9(5-6-13)7-14-12(17)11-10(8(2)3)15-16-18-11/h8-9H,4-7H2,1-3H3,(H,14,17). The van der Waals surface area contributed by atoms with Crippen molar-refractivity contribution in [3.8, 4) is 0 Å². The van der Waals surface area contributed by atoms with E-state index in [2.05, 4.69) is 37.8 Å². The van der Waals surface area contributed by atoms with Gasteiger partial charge in [-0.3, -0.25) is 4.79 Å². The Bertz CT molecular complexity index is 381. The Morgan fingerprint density at radius 1 is 1.50 bits per heavy atom. The fraction of sp³-hybridized carbons (Fsp3) is 0.750. The fourth-order valence-electron chi connectivity index (χ4n) is 1.65. The molecule has 0 aliphatic heterocycles. The molecule has 0 fully saturated rings. The molecule has 0 saturated carbocycles. The summed E-state index contributed by atoms with van der Waals surface area (Å²) < 4.78 is 3.87. The Labute approximate surface area is 121 Å². The first-order valence-corrected chi connectivity index (χ1v) is 8.16. The average molecular weight is 334 g/mol. The van der Waals surface area contributed by atoms with E-state index in [0.717, 1.165) is 30.4 Å². The van der Waals surface area contributed by atoms with E-state index in [9.17, 15) is 4.79 Å². The van der Waals surface area contributed by atoms with Crippen LogP contribution >= 0.6 is 27.5 Å². The number of halogens is 1. The Balaban J connectivity index is 2.57. The molecule has 18 heavy (non-hydrogen) atoms. The summed E-state index contributed by atoms with van der Waals surface area (Å²) >= 11 is 4.61. The highest BCUT2D eigenvalue weighted by molar-refractivity contribution is 9.09. The number of carbonyl (C=O) groups is 1. The maximum Gasteiger partial charge on any atom is 0.264 e. The van der Waals surface area contributed by atoms with E-state index >= 15 is 0 Å². The van der Waals surface area contributed by atoms with Crippen molar-refractivity contribution < 1.29 is 4.79 Å². The molecule has 0 aromatic carbocycles. The Hall–Kier alpha value is -0.490. The van der Waals surface area contributed by atoms with Crippen molar-refractivity contribution in [1.29, 1.82) is 0 Å². The lowest BCUT2D eigenvalue weighted by Crippen LogP contribution is -2.29. The van der Waals surface area contributed by atoms with Gasteiger partial charge in [0.1, 0.15) is 4.88 Å². The number of carbonyl (C=O) groups excluding carboxylic acids is 1. The predicted molar refractivity (Wildman–Crippen MR) is 78.5 cm³/mol. The van der Waals surface area contributed by atoms with Crippen molar-refractivity contribution in [2.24, 2.45) is 5.92 Å². The van der Waals surface area contributed by atoms with E-state index in [4.69, 9.17) is 0 Å². The predicted octanol–water partition coefficient (Wildman–Crippen LogP) is 3.20. The minimum Gasteiger partial charge on any atom is -0.351 e. The van der Waals surface area contributed by atoms with Crippen molar-refractivity contribution in [2.75, 3.05) is 11.9 Å². The molecule has 0 spiro atoms.